The summed E-state index contributed by atoms with van der Waals surface area (Å²) in [6, 6.07) is 21.1. The number of nitrogens with zero attached hydrogens (tertiary/aromatic N) is 1. The van der Waals surface area contributed by atoms with E-state index in [0.717, 1.165) is 28.3 Å². The molecule has 0 spiro atoms. The van der Waals surface area contributed by atoms with Crippen LogP contribution in [0.15, 0.2) is 76.0 Å². The fraction of sp³-hybridized carbons (Fsp3) is 0.154. The molecule has 4 rings (SSSR count). The Morgan fingerprint density at radius 2 is 1.72 bits per heavy atom. The molecule has 3 aromatic carbocycles. The number of hydrogen-bond acceptors (Lipinski definition) is 4. The van der Waals surface area contributed by atoms with Crippen molar-refractivity contribution in [1.29, 1.82) is 0 Å². The summed E-state index contributed by atoms with van der Waals surface area (Å²) in [5, 5.41) is 3.49. The minimum atomic E-state index is -0.199. The molecule has 0 aliphatic carbocycles. The molecule has 1 N–H and O–H groups in total. The van der Waals surface area contributed by atoms with E-state index in [9.17, 15) is 4.79 Å². The molecule has 32 heavy (non-hydrogen) atoms. The maximum Gasteiger partial charge on any atom is 0.255 e. The van der Waals surface area contributed by atoms with Gasteiger partial charge in [0.05, 0.1) is 5.69 Å². The number of thioether (sulfide) groups is 1. The molecule has 0 radical (unpaired) electrons. The number of rotatable bonds is 6. The second-order valence-corrected chi connectivity index (χ2v) is 9.08. The van der Waals surface area contributed by atoms with Gasteiger partial charge in [-0.15, -0.1) is 11.8 Å². The van der Waals surface area contributed by atoms with Gasteiger partial charge in [0.2, 0.25) is 5.89 Å². The molecule has 0 unspecified atom stereocenters. The highest BCUT2D eigenvalue weighted by atomic mass is 35.5. The van der Waals surface area contributed by atoms with E-state index in [0.29, 0.717) is 22.2 Å². The minimum Gasteiger partial charge on any atom is -0.441 e. The number of aryl methyl sites for hydroxylation is 3. The van der Waals surface area contributed by atoms with Gasteiger partial charge < -0.3 is 9.73 Å². The van der Waals surface area contributed by atoms with Crippen molar-refractivity contribution in [2.45, 2.75) is 31.4 Å². The van der Waals surface area contributed by atoms with Gasteiger partial charge in [0.15, 0.2) is 0 Å². The Hall–Kier alpha value is -3.02. The summed E-state index contributed by atoms with van der Waals surface area (Å²) < 4.78 is 5.89. The molecule has 162 valence electrons. The van der Waals surface area contributed by atoms with E-state index in [1.165, 1.54) is 10.5 Å². The predicted octanol–water partition coefficient (Wildman–Crippen LogP) is 7.46. The Morgan fingerprint density at radius 3 is 2.41 bits per heavy atom. The first-order valence-corrected chi connectivity index (χ1v) is 11.6. The van der Waals surface area contributed by atoms with Gasteiger partial charge in [-0.3, -0.25) is 4.79 Å². The highest BCUT2D eigenvalue weighted by Gasteiger charge is 2.13. The summed E-state index contributed by atoms with van der Waals surface area (Å²) in [6.07, 6.45) is 0. The number of benzene rings is 3. The van der Waals surface area contributed by atoms with Crippen molar-refractivity contribution in [2.24, 2.45) is 0 Å². The Balaban J connectivity index is 1.43. The number of hydrogen-bond donors (Lipinski definition) is 1. The van der Waals surface area contributed by atoms with Crippen LogP contribution in [0.2, 0.25) is 5.02 Å². The maximum atomic E-state index is 12.6. The van der Waals surface area contributed by atoms with E-state index in [2.05, 4.69) is 41.5 Å². The molecule has 1 aromatic heterocycles. The van der Waals surface area contributed by atoms with Crippen LogP contribution in [-0.2, 0) is 5.75 Å². The Kier molecular flexibility index (Phi) is 6.68. The number of anilines is 1. The van der Waals surface area contributed by atoms with E-state index < -0.39 is 0 Å². The molecule has 1 heterocycles. The zero-order chi connectivity index (χ0) is 22.7. The molecule has 1 amide bonds. The molecule has 0 atom stereocenters. The fourth-order valence-electron chi connectivity index (χ4n) is 3.11. The zero-order valence-electron chi connectivity index (χ0n) is 18.1. The van der Waals surface area contributed by atoms with Crippen LogP contribution in [0, 0.1) is 20.8 Å². The average Bonchev–Trinajstić information content (AvgIpc) is 3.16. The highest BCUT2D eigenvalue weighted by molar-refractivity contribution is 7.98. The van der Waals surface area contributed by atoms with Crippen molar-refractivity contribution in [1.82, 2.24) is 4.98 Å². The average molecular weight is 463 g/mol. The SMILES string of the molecule is Cc1ccc(SCc2nc(-c3ccc(C(=O)Nc4ccc(C)c(Cl)c4)cc3)oc2C)cc1. The lowest BCUT2D eigenvalue weighted by atomic mass is 10.1. The van der Waals surface area contributed by atoms with E-state index in [1.54, 1.807) is 30.0 Å². The minimum absolute atomic E-state index is 0.199. The monoisotopic (exact) mass is 462 g/mol. The molecule has 4 nitrogen and oxygen atoms in total. The number of carbonyl (C=O) groups excluding carboxylic acids is 1. The first kappa shape index (κ1) is 22.2. The summed E-state index contributed by atoms with van der Waals surface area (Å²) in [5.41, 5.74) is 5.16. The Morgan fingerprint density at radius 1 is 1.00 bits per heavy atom. The number of carbonyl (C=O) groups is 1. The van der Waals surface area contributed by atoms with Crippen LogP contribution in [0.1, 0.15) is 32.9 Å². The van der Waals surface area contributed by atoms with Crippen LogP contribution in [0.3, 0.4) is 0 Å². The van der Waals surface area contributed by atoms with Crippen molar-refractivity contribution in [3.63, 3.8) is 0 Å². The third kappa shape index (κ3) is 5.23. The third-order valence-electron chi connectivity index (χ3n) is 5.11. The van der Waals surface area contributed by atoms with Gasteiger partial charge in [-0.25, -0.2) is 4.98 Å². The predicted molar refractivity (Wildman–Crippen MR) is 132 cm³/mol. The number of nitrogens with one attached hydrogen (secondary N) is 1. The largest absolute Gasteiger partial charge is 0.441 e. The van der Waals surface area contributed by atoms with Crippen molar-refractivity contribution < 1.29 is 9.21 Å². The van der Waals surface area contributed by atoms with Crippen LogP contribution >= 0.6 is 23.4 Å². The molecular formula is C26H23ClN2O2S. The molecule has 0 saturated heterocycles. The van der Waals surface area contributed by atoms with Crippen molar-refractivity contribution in [2.75, 3.05) is 5.32 Å². The van der Waals surface area contributed by atoms with Gasteiger partial charge in [-0.2, -0.15) is 0 Å². The highest BCUT2D eigenvalue weighted by Crippen LogP contribution is 2.28. The van der Waals surface area contributed by atoms with Gasteiger partial charge in [0.1, 0.15) is 5.76 Å². The third-order valence-corrected chi connectivity index (χ3v) is 6.54. The summed E-state index contributed by atoms with van der Waals surface area (Å²) in [5.74, 6) is 1.89. The molecule has 0 aliphatic rings. The van der Waals surface area contributed by atoms with Gasteiger partial charge in [-0.05, 0) is 74.9 Å². The molecule has 0 aliphatic heterocycles. The normalized spacial score (nSPS) is 10.9. The molecule has 0 saturated carbocycles. The summed E-state index contributed by atoms with van der Waals surface area (Å²) in [7, 11) is 0. The first-order valence-electron chi connectivity index (χ1n) is 10.2. The Labute approximate surface area is 197 Å². The number of amides is 1. The maximum absolute atomic E-state index is 12.6. The van der Waals surface area contributed by atoms with E-state index in [1.807, 2.05) is 38.1 Å². The van der Waals surface area contributed by atoms with E-state index in [4.69, 9.17) is 16.0 Å². The number of halogens is 1. The summed E-state index contributed by atoms with van der Waals surface area (Å²) >= 11 is 7.87. The van der Waals surface area contributed by atoms with Gasteiger partial charge in [0.25, 0.3) is 5.91 Å². The lowest BCUT2D eigenvalue weighted by Gasteiger charge is -2.07. The standard InChI is InChI=1S/C26H23ClN2O2S/c1-16-4-12-22(13-5-16)32-15-24-18(3)31-26(29-24)20-9-7-19(8-10-20)25(30)28-21-11-6-17(2)23(27)14-21/h4-14H,15H2,1-3H3,(H,28,30). The van der Waals surface area contributed by atoms with Gasteiger partial charge >= 0.3 is 0 Å². The smallest absolute Gasteiger partial charge is 0.255 e. The second kappa shape index (κ2) is 9.63. The van der Waals surface area contributed by atoms with Crippen LogP contribution in [-0.4, -0.2) is 10.9 Å². The number of oxazole rings is 1. The first-order chi connectivity index (χ1) is 15.4. The Bertz CT molecular complexity index is 1250. The molecule has 6 heteroatoms. The summed E-state index contributed by atoms with van der Waals surface area (Å²) in [6.45, 7) is 5.93. The summed E-state index contributed by atoms with van der Waals surface area (Å²) in [4.78, 5) is 18.4. The molecule has 0 bridgehead atoms. The zero-order valence-corrected chi connectivity index (χ0v) is 19.7. The second-order valence-electron chi connectivity index (χ2n) is 7.62. The molecular weight excluding hydrogens is 440 g/mol. The van der Waals surface area contributed by atoms with Crippen molar-refractivity contribution in [3.05, 3.63) is 99.9 Å². The van der Waals surface area contributed by atoms with E-state index >= 15 is 0 Å². The quantitative estimate of drug-likeness (QED) is 0.302. The molecule has 4 aromatic rings. The van der Waals surface area contributed by atoms with Crippen LogP contribution in [0.5, 0.6) is 0 Å². The fourth-order valence-corrected chi connectivity index (χ4v) is 4.19. The number of aromatic nitrogens is 1. The van der Waals surface area contributed by atoms with Crippen molar-refractivity contribution >= 4 is 35.0 Å². The van der Waals surface area contributed by atoms with Gasteiger partial charge in [0, 0.05) is 32.5 Å². The van der Waals surface area contributed by atoms with Gasteiger partial charge in [-0.1, -0.05) is 35.4 Å². The van der Waals surface area contributed by atoms with Crippen LogP contribution in [0.4, 0.5) is 5.69 Å². The van der Waals surface area contributed by atoms with Crippen LogP contribution < -0.4 is 5.32 Å². The lowest BCUT2D eigenvalue weighted by molar-refractivity contribution is 0.102. The molecule has 0 fully saturated rings. The van der Waals surface area contributed by atoms with Crippen LogP contribution in [0.25, 0.3) is 11.5 Å². The van der Waals surface area contributed by atoms with Crippen molar-refractivity contribution in [3.8, 4) is 11.5 Å². The van der Waals surface area contributed by atoms with E-state index in [-0.39, 0.29) is 5.91 Å². The topological polar surface area (TPSA) is 55.1 Å². The lowest BCUT2D eigenvalue weighted by Crippen LogP contribution is -2.11.